The third-order valence-electron chi connectivity index (χ3n) is 3.93. The highest BCUT2D eigenvalue weighted by atomic mass is 15.0. The number of benzene rings is 1. The van der Waals surface area contributed by atoms with E-state index in [4.69, 9.17) is 0 Å². The molecule has 0 unspecified atom stereocenters. The van der Waals surface area contributed by atoms with Gasteiger partial charge in [-0.1, -0.05) is 30.3 Å². The normalized spacial score (nSPS) is 11.2. The molecule has 23 heavy (non-hydrogen) atoms. The topological polar surface area (TPSA) is 54.5 Å². The van der Waals surface area contributed by atoms with E-state index >= 15 is 0 Å². The van der Waals surface area contributed by atoms with Crippen molar-refractivity contribution in [3.05, 3.63) is 72.4 Å². The maximum atomic E-state index is 9.20. The van der Waals surface area contributed by atoms with Crippen LogP contribution in [0.5, 0.6) is 0 Å². The van der Waals surface area contributed by atoms with Gasteiger partial charge in [-0.2, -0.15) is 5.26 Å². The molecule has 3 rings (SSSR count). The molecule has 114 valence electrons. The summed E-state index contributed by atoms with van der Waals surface area (Å²) in [5.74, 6) is 0. The van der Waals surface area contributed by atoms with Gasteiger partial charge in [-0.15, -0.1) is 0 Å². The number of pyridine rings is 1. The van der Waals surface area contributed by atoms with Crippen molar-refractivity contribution < 1.29 is 0 Å². The Morgan fingerprint density at radius 3 is 2.48 bits per heavy atom. The Labute approximate surface area is 136 Å². The molecule has 0 saturated heterocycles. The van der Waals surface area contributed by atoms with E-state index in [-0.39, 0.29) is 0 Å². The number of imidazole rings is 1. The van der Waals surface area contributed by atoms with Crippen LogP contribution in [0.4, 0.5) is 0 Å². The van der Waals surface area contributed by atoms with Gasteiger partial charge in [0.15, 0.2) is 0 Å². The number of nitrogens with zero attached hydrogens (tertiary/aromatic N) is 4. The lowest BCUT2D eigenvalue weighted by Gasteiger charge is -2.15. The van der Waals surface area contributed by atoms with Crippen LogP contribution < -0.4 is 0 Å². The SMILES string of the molecule is CC(C)(C#N)c1ccc(-c2ccc(Cn3ccnc3)cn2)cc1. The molecule has 4 heteroatoms. The van der Waals surface area contributed by atoms with E-state index in [0.717, 1.165) is 28.9 Å². The van der Waals surface area contributed by atoms with Crippen molar-refractivity contribution in [2.75, 3.05) is 0 Å². The van der Waals surface area contributed by atoms with Gasteiger partial charge < -0.3 is 4.57 Å². The molecule has 0 N–H and O–H groups in total. The Kier molecular flexibility index (Phi) is 3.94. The standard InChI is InChI=1S/C19H18N4/c1-19(2,13-20)17-6-4-16(5-7-17)18-8-3-15(11-22-18)12-23-10-9-21-14-23/h3-11,14H,12H2,1-2H3. The lowest BCUT2D eigenvalue weighted by Crippen LogP contribution is -2.13. The number of nitriles is 1. The molecule has 3 aromatic rings. The lowest BCUT2D eigenvalue weighted by molar-refractivity contribution is 0.687. The summed E-state index contributed by atoms with van der Waals surface area (Å²) in [6, 6.07) is 14.5. The second-order valence-corrected chi connectivity index (χ2v) is 6.10. The first-order chi connectivity index (χ1) is 11.1. The van der Waals surface area contributed by atoms with Gasteiger partial charge in [0, 0.05) is 30.7 Å². The summed E-state index contributed by atoms with van der Waals surface area (Å²) >= 11 is 0. The first-order valence-corrected chi connectivity index (χ1v) is 7.51. The molecule has 0 saturated carbocycles. The molecule has 0 fully saturated rings. The number of hydrogen-bond donors (Lipinski definition) is 0. The van der Waals surface area contributed by atoms with Gasteiger partial charge in [-0.3, -0.25) is 4.98 Å². The zero-order valence-electron chi connectivity index (χ0n) is 13.3. The molecule has 4 nitrogen and oxygen atoms in total. The first kappa shape index (κ1) is 15.0. The zero-order chi connectivity index (χ0) is 16.3. The molecule has 2 heterocycles. The average molecular weight is 302 g/mol. The second-order valence-electron chi connectivity index (χ2n) is 6.10. The van der Waals surface area contributed by atoms with Gasteiger partial charge in [-0.25, -0.2) is 4.98 Å². The Balaban J connectivity index is 1.78. The van der Waals surface area contributed by atoms with E-state index in [2.05, 4.69) is 22.1 Å². The molecule has 0 atom stereocenters. The Morgan fingerprint density at radius 2 is 1.91 bits per heavy atom. The monoisotopic (exact) mass is 302 g/mol. The average Bonchev–Trinajstić information content (AvgIpc) is 3.09. The van der Waals surface area contributed by atoms with Crippen molar-refractivity contribution in [3.63, 3.8) is 0 Å². The van der Waals surface area contributed by atoms with Crippen molar-refractivity contribution in [2.24, 2.45) is 0 Å². The van der Waals surface area contributed by atoms with E-state index in [0.29, 0.717) is 0 Å². The summed E-state index contributed by atoms with van der Waals surface area (Å²) in [7, 11) is 0. The number of hydrogen-bond acceptors (Lipinski definition) is 3. The molecule has 0 bridgehead atoms. The largest absolute Gasteiger partial charge is 0.333 e. The Hall–Kier alpha value is -2.93. The summed E-state index contributed by atoms with van der Waals surface area (Å²) < 4.78 is 2.01. The van der Waals surface area contributed by atoms with Crippen LogP contribution in [-0.4, -0.2) is 14.5 Å². The van der Waals surface area contributed by atoms with Crippen molar-refractivity contribution in [3.8, 4) is 17.3 Å². The molecule has 0 aliphatic rings. The van der Waals surface area contributed by atoms with Gasteiger partial charge in [0.1, 0.15) is 0 Å². The van der Waals surface area contributed by atoms with Crippen LogP contribution in [-0.2, 0) is 12.0 Å². The fraction of sp³-hybridized carbons (Fsp3) is 0.211. The van der Waals surface area contributed by atoms with Crippen molar-refractivity contribution in [1.82, 2.24) is 14.5 Å². The highest BCUT2D eigenvalue weighted by Gasteiger charge is 2.19. The zero-order valence-corrected chi connectivity index (χ0v) is 13.3. The molecule has 0 aliphatic carbocycles. The minimum atomic E-state index is -0.472. The van der Waals surface area contributed by atoms with Gasteiger partial charge in [0.25, 0.3) is 0 Å². The van der Waals surface area contributed by atoms with Crippen LogP contribution >= 0.6 is 0 Å². The summed E-state index contributed by atoms with van der Waals surface area (Å²) in [4.78, 5) is 8.58. The number of aromatic nitrogens is 3. The van der Waals surface area contributed by atoms with Gasteiger partial charge in [0.2, 0.25) is 0 Å². The molecule has 0 amide bonds. The van der Waals surface area contributed by atoms with Gasteiger partial charge in [0.05, 0.1) is 23.5 Å². The number of rotatable bonds is 4. The fourth-order valence-corrected chi connectivity index (χ4v) is 2.40. The molecular weight excluding hydrogens is 284 g/mol. The minimum absolute atomic E-state index is 0.472. The van der Waals surface area contributed by atoms with E-state index < -0.39 is 5.41 Å². The maximum absolute atomic E-state index is 9.20. The summed E-state index contributed by atoms with van der Waals surface area (Å²) in [5, 5.41) is 9.20. The van der Waals surface area contributed by atoms with Crippen LogP contribution in [0, 0.1) is 11.3 Å². The highest BCUT2D eigenvalue weighted by molar-refractivity contribution is 5.60. The second kappa shape index (κ2) is 6.05. The van der Waals surface area contributed by atoms with Crippen molar-refractivity contribution in [2.45, 2.75) is 25.8 Å². The molecular formula is C19H18N4. The van der Waals surface area contributed by atoms with Crippen LogP contribution in [0.3, 0.4) is 0 Å². The highest BCUT2D eigenvalue weighted by Crippen LogP contribution is 2.25. The molecule has 0 spiro atoms. The van der Waals surface area contributed by atoms with Gasteiger partial charge >= 0.3 is 0 Å². The molecule has 0 aliphatic heterocycles. The molecule has 2 aromatic heterocycles. The van der Waals surface area contributed by atoms with Gasteiger partial charge in [-0.05, 0) is 31.0 Å². The van der Waals surface area contributed by atoms with Crippen molar-refractivity contribution in [1.29, 1.82) is 5.26 Å². The van der Waals surface area contributed by atoms with Crippen molar-refractivity contribution >= 4 is 0 Å². The fourth-order valence-electron chi connectivity index (χ4n) is 2.40. The summed E-state index contributed by atoms with van der Waals surface area (Å²) in [6.07, 6.45) is 7.39. The maximum Gasteiger partial charge on any atom is 0.0949 e. The third kappa shape index (κ3) is 3.29. The Morgan fingerprint density at radius 1 is 1.13 bits per heavy atom. The quantitative estimate of drug-likeness (QED) is 0.736. The third-order valence-corrected chi connectivity index (χ3v) is 3.93. The van der Waals surface area contributed by atoms with Crippen LogP contribution in [0.15, 0.2) is 61.3 Å². The predicted octanol–water partition coefficient (Wildman–Crippen LogP) is 3.79. The van der Waals surface area contributed by atoms with E-state index in [1.165, 1.54) is 0 Å². The van der Waals surface area contributed by atoms with E-state index in [9.17, 15) is 5.26 Å². The first-order valence-electron chi connectivity index (χ1n) is 7.51. The Bertz CT molecular complexity index is 807. The van der Waals surface area contributed by atoms with Crippen LogP contribution in [0.2, 0.25) is 0 Å². The summed E-state index contributed by atoms with van der Waals surface area (Å²) in [6.45, 7) is 4.61. The lowest BCUT2D eigenvalue weighted by atomic mass is 9.86. The summed E-state index contributed by atoms with van der Waals surface area (Å²) in [5.41, 5.74) is 3.66. The van der Waals surface area contributed by atoms with E-state index in [1.54, 1.807) is 12.5 Å². The van der Waals surface area contributed by atoms with E-state index in [1.807, 2.05) is 61.1 Å². The minimum Gasteiger partial charge on any atom is -0.333 e. The predicted molar refractivity (Wildman–Crippen MR) is 89.6 cm³/mol. The molecule has 1 aromatic carbocycles. The molecule has 0 radical (unpaired) electrons. The van der Waals surface area contributed by atoms with Crippen LogP contribution in [0.1, 0.15) is 25.0 Å². The smallest absolute Gasteiger partial charge is 0.0949 e. The van der Waals surface area contributed by atoms with Crippen LogP contribution in [0.25, 0.3) is 11.3 Å².